The van der Waals surface area contributed by atoms with Gasteiger partial charge in [-0.1, -0.05) is 37.5 Å². The van der Waals surface area contributed by atoms with E-state index in [0.717, 1.165) is 25.7 Å². The smallest absolute Gasteiger partial charge is 0.331 e. The van der Waals surface area contributed by atoms with Crippen LogP contribution in [-0.2, 0) is 14.3 Å². The Balaban J connectivity index is 2.17. The zero-order chi connectivity index (χ0) is 13.2. The number of carbonyl (C=O) groups excluding carboxylic acids is 2. The molecule has 18 heavy (non-hydrogen) atoms. The molecule has 0 aromatic carbocycles. The van der Waals surface area contributed by atoms with E-state index in [1.807, 2.05) is 6.92 Å². The fraction of sp³-hybridized carbons (Fsp3) is 0.571. The Bertz CT molecular complexity index is 328. The second-order valence-corrected chi connectivity index (χ2v) is 4.40. The van der Waals surface area contributed by atoms with Crippen molar-refractivity contribution in [3.05, 3.63) is 24.3 Å². The molecule has 4 nitrogen and oxygen atoms in total. The second-order valence-electron chi connectivity index (χ2n) is 4.40. The van der Waals surface area contributed by atoms with Gasteiger partial charge in [0.2, 0.25) is 0 Å². The first-order valence-electron chi connectivity index (χ1n) is 6.48. The number of hydrogen-bond acceptors (Lipinski definition) is 3. The summed E-state index contributed by atoms with van der Waals surface area (Å²) in [6.45, 7) is 1.66. The van der Waals surface area contributed by atoms with Crippen LogP contribution in [0.3, 0.4) is 0 Å². The number of amides is 1. The van der Waals surface area contributed by atoms with Crippen molar-refractivity contribution >= 4 is 11.9 Å². The molecule has 100 valence electrons. The molecule has 0 radical (unpaired) electrons. The first-order chi connectivity index (χ1) is 8.72. The van der Waals surface area contributed by atoms with Gasteiger partial charge in [0, 0.05) is 12.1 Å². The van der Waals surface area contributed by atoms with Crippen LogP contribution in [-0.4, -0.2) is 24.5 Å². The maximum Gasteiger partial charge on any atom is 0.331 e. The largest absolute Gasteiger partial charge is 0.452 e. The molecule has 1 rings (SSSR count). The molecule has 1 saturated carbocycles. The zero-order valence-corrected chi connectivity index (χ0v) is 10.9. The summed E-state index contributed by atoms with van der Waals surface area (Å²) in [6, 6.07) is 0.253. The van der Waals surface area contributed by atoms with Gasteiger partial charge in [0.25, 0.3) is 5.91 Å². The van der Waals surface area contributed by atoms with Gasteiger partial charge in [-0.05, 0) is 19.8 Å². The Morgan fingerprint density at radius 2 is 1.94 bits per heavy atom. The molecule has 1 N–H and O–H groups in total. The summed E-state index contributed by atoms with van der Waals surface area (Å²) in [5.41, 5.74) is 0. The molecule has 0 aliphatic heterocycles. The molecule has 0 heterocycles. The van der Waals surface area contributed by atoms with Crippen LogP contribution in [0.25, 0.3) is 0 Å². The van der Waals surface area contributed by atoms with Crippen LogP contribution in [0.2, 0.25) is 0 Å². The minimum atomic E-state index is -0.494. The summed E-state index contributed by atoms with van der Waals surface area (Å²) < 4.78 is 4.82. The normalized spacial score (nSPS) is 17.2. The molecule has 1 fully saturated rings. The van der Waals surface area contributed by atoms with Crippen LogP contribution >= 0.6 is 0 Å². The number of rotatable bonds is 5. The van der Waals surface area contributed by atoms with Gasteiger partial charge in [0.05, 0.1) is 0 Å². The third-order valence-corrected chi connectivity index (χ3v) is 2.85. The predicted molar refractivity (Wildman–Crippen MR) is 69.9 cm³/mol. The lowest BCUT2D eigenvalue weighted by Gasteiger charge is -2.22. The van der Waals surface area contributed by atoms with E-state index in [9.17, 15) is 9.59 Å². The van der Waals surface area contributed by atoms with Crippen molar-refractivity contribution in [2.45, 2.75) is 45.1 Å². The molecule has 4 heteroatoms. The van der Waals surface area contributed by atoms with Crippen molar-refractivity contribution in [3.8, 4) is 0 Å². The SMILES string of the molecule is CC=CC=CC(=O)OCC(=O)NC1CCCCC1. The second kappa shape index (κ2) is 8.50. The maximum atomic E-state index is 11.5. The Morgan fingerprint density at radius 1 is 1.22 bits per heavy atom. The summed E-state index contributed by atoms with van der Waals surface area (Å²) in [4.78, 5) is 22.7. The molecular weight excluding hydrogens is 230 g/mol. The summed E-state index contributed by atoms with van der Waals surface area (Å²) in [6.07, 6.45) is 12.0. The highest BCUT2D eigenvalue weighted by atomic mass is 16.5. The highest BCUT2D eigenvalue weighted by Crippen LogP contribution is 2.17. The van der Waals surface area contributed by atoms with Gasteiger partial charge in [-0.2, -0.15) is 0 Å². The summed E-state index contributed by atoms with van der Waals surface area (Å²) in [5.74, 6) is -0.707. The monoisotopic (exact) mass is 251 g/mol. The molecular formula is C14H21NO3. The number of allylic oxidation sites excluding steroid dienone is 3. The van der Waals surface area contributed by atoms with E-state index in [4.69, 9.17) is 4.74 Å². The number of carbonyl (C=O) groups is 2. The highest BCUT2D eigenvalue weighted by molar-refractivity contribution is 5.85. The van der Waals surface area contributed by atoms with Crippen molar-refractivity contribution < 1.29 is 14.3 Å². The van der Waals surface area contributed by atoms with Crippen LogP contribution < -0.4 is 5.32 Å². The number of ether oxygens (including phenoxy) is 1. The van der Waals surface area contributed by atoms with Crippen molar-refractivity contribution in [1.82, 2.24) is 5.32 Å². The molecule has 0 saturated heterocycles. The predicted octanol–water partition coefficient (Wildman–Crippen LogP) is 2.11. The fourth-order valence-corrected chi connectivity index (χ4v) is 1.95. The summed E-state index contributed by atoms with van der Waals surface area (Å²) >= 11 is 0. The summed E-state index contributed by atoms with van der Waals surface area (Å²) in [7, 11) is 0. The van der Waals surface area contributed by atoms with Crippen molar-refractivity contribution in [1.29, 1.82) is 0 Å². The van der Waals surface area contributed by atoms with E-state index >= 15 is 0 Å². The third-order valence-electron chi connectivity index (χ3n) is 2.85. The first kappa shape index (κ1) is 14.5. The van der Waals surface area contributed by atoms with Crippen LogP contribution in [0.4, 0.5) is 0 Å². The Morgan fingerprint density at radius 3 is 2.61 bits per heavy atom. The minimum Gasteiger partial charge on any atom is -0.452 e. The standard InChI is InChI=1S/C14H21NO3/c1-2-3-5-10-14(17)18-11-13(16)15-12-8-6-4-7-9-12/h2-3,5,10,12H,4,6-9,11H2,1H3,(H,15,16). The number of esters is 1. The van der Waals surface area contributed by atoms with Gasteiger partial charge >= 0.3 is 5.97 Å². The van der Waals surface area contributed by atoms with Gasteiger partial charge < -0.3 is 10.1 Å². The van der Waals surface area contributed by atoms with E-state index in [2.05, 4.69) is 5.32 Å². The summed E-state index contributed by atoms with van der Waals surface area (Å²) in [5, 5.41) is 2.89. The number of hydrogen-bond donors (Lipinski definition) is 1. The van der Waals surface area contributed by atoms with Crippen molar-refractivity contribution in [2.75, 3.05) is 6.61 Å². The Hall–Kier alpha value is -1.58. The van der Waals surface area contributed by atoms with E-state index in [-0.39, 0.29) is 18.6 Å². The van der Waals surface area contributed by atoms with Gasteiger partial charge in [-0.15, -0.1) is 0 Å². The van der Waals surface area contributed by atoms with Crippen molar-refractivity contribution in [3.63, 3.8) is 0 Å². The Labute approximate surface area is 108 Å². The van der Waals surface area contributed by atoms with Crippen LogP contribution in [0.15, 0.2) is 24.3 Å². The quantitative estimate of drug-likeness (QED) is 0.462. The molecule has 1 aliphatic carbocycles. The topological polar surface area (TPSA) is 55.4 Å². The molecule has 0 aromatic rings. The first-order valence-corrected chi connectivity index (χ1v) is 6.48. The Kier molecular flexibility index (Phi) is 6.84. The van der Waals surface area contributed by atoms with Crippen LogP contribution in [0, 0.1) is 0 Å². The molecule has 0 aromatic heterocycles. The zero-order valence-electron chi connectivity index (χ0n) is 10.9. The van der Waals surface area contributed by atoms with E-state index in [1.165, 1.54) is 12.5 Å². The van der Waals surface area contributed by atoms with Gasteiger partial charge in [0.15, 0.2) is 6.61 Å². The molecule has 0 atom stereocenters. The van der Waals surface area contributed by atoms with E-state index < -0.39 is 5.97 Å². The van der Waals surface area contributed by atoms with E-state index in [1.54, 1.807) is 18.2 Å². The van der Waals surface area contributed by atoms with E-state index in [0.29, 0.717) is 0 Å². The minimum absolute atomic E-state index is 0.199. The molecule has 1 amide bonds. The molecule has 0 spiro atoms. The average Bonchev–Trinajstić information content (AvgIpc) is 2.38. The van der Waals surface area contributed by atoms with Crippen LogP contribution in [0.1, 0.15) is 39.0 Å². The molecule has 0 unspecified atom stereocenters. The lowest BCUT2D eigenvalue weighted by molar-refractivity contribution is -0.144. The molecule has 0 bridgehead atoms. The molecule has 1 aliphatic rings. The lowest BCUT2D eigenvalue weighted by Crippen LogP contribution is -2.38. The highest BCUT2D eigenvalue weighted by Gasteiger charge is 2.15. The fourth-order valence-electron chi connectivity index (χ4n) is 1.95. The van der Waals surface area contributed by atoms with Gasteiger partial charge in [-0.3, -0.25) is 4.79 Å². The number of nitrogens with one attached hydrogen (secondary N) is 1. The average molecular weight is 251 g/mol. The third kappa shape index (κ3) is 6.23. The van der Waals surface area contributed by atoms with Crippen LogP contribution in [0.5, 0.6) is 0 Å². The van der Waals surface area contributed by atoms with Crippen molar-refractivity contribution in [2.24, 2.45) is 0 Å². The van der Waals surface area contributed by atoms with Gasteiger partial charge in [0.1, 0.15) is 0 Å². The maximum absolute atomic E-state index is 11.5. The van der Waals surface area contributed by atoms with Gasteiger partial charge in [-0.25, -0.2) is 4.79 Å². The lowest BCUT2D eigenvalue weighted by atomic mass is 9.95.